The highest BCUT2D eigenvalue weighted by atomic mass is 35.5. The lowest BCUT2D eigenvalue weighted by molar-refractivity contribution is 1.21. The highest BCUT2D eigenvalue weighted by molar-refractivity contribution is 6.29. The number of nitrogens with zero attached hydrogens (tertiary/aromatic N) is 2. The molecule has 0 aliphatic heterocycles. The van der Waals surface area contributed by atoms with Crippen LogP contribution in [0.4, 0.5) is 5.82 Å². The molecule has 0 bridgehead atoms. The Kier molecular flexibility index (Phi) is 4.58. The van der Waals surface area contributed by atoms with E-state index in [-0.39, 0.29) is 0 Å². The van der Waals surface area contributed by atoms with Crippen LogP contribution in [0.1, 0.15) is 13.8 Å². The summed E-state index contributed by atoms with van der Waals surface area (Å²) in [7, 11) is 0. The van der Waals surface area contributed by atoms with Crippen LogP contribution in [-0.2, 0) is 0 Å². The van der Waals surface area contributed by atoms with Gasteiger partial charge in [0.25, 0.3) is 0 Å². The van der Waals surface area contributed by atoms with Crippen molar-refractivity contribution in [3.05, 3.63) is 17.5 Å². The Morgan fingerprint density at radius 1 is 1.40 bits per heavy atom. The topological polar surface area (TPSA) is 51.8 Å². The van der Waals surface area contributed by atoms with E-state index in [4.69, 9.17) is 17.3 Å². The second kappa shape index (κ2) is 4.99. The van der Waals surface area contributed by atoms with Crippen LogP contribution < -0.4 is 5.73 Å². The third-order valence-electron chi connectivity index (χ3n) is 0.624. The fraction of sp³-hybridized carbons (Fsp3) is 0.333. The van der Waals surface area contributed by atoms with Gasteiger partial charge in [-0.05, 0) is 0 Å². The van der Waals surface area contributed by atoms with Crippen LogP contribution in [0.3, 0.4) is 0 Å². The Hall–Kier alpha value is -0.830. The van der Waals surface area contributed by atoms with Gasteiger partial charge in [-0.1, -0.05) is 25.4 Å². The molecule has 0 saturated carbocycles. The van der Waals surface area contributed by atoms with Crippen LogP contribution in [0.25, 0.3) is 0 Å². The van der Waals surface area contributed by atoms with Gasteiger partial charge in [-0.2, -0.15) is 0 Å². The monoisotopic (exact) mass is 159 g/mol. The van der Waals surface area contributed by atoms with E-state index < -0.39 is 0 Å². The molecule has 0 radical (unpaired) electrons. The van der Waals surface area contributed by atoms with Crippen LogP contribution >= 0.6 is 11.6 Å². The fourth-order valence-electron chi connectivity index (χ4n) is 0.356. The third-order valence-corrected chi connectivity index (χ3v) is 0.806. The maximum atomic E-state index is 5.39. The fourth-order valence-corrected chi connectivity index (χ4v) is 0.510. The summed E-state index contributed by atoms with van der Waals surface area (Å²) < 4.78 is 0. The highest BCUT2D eigenvalue weighted by Crippen LogP contribution is 2.01. The van der Waals surface area contributed by atoms with Gasteiger partial charge in [-0.3, -0.25) is 4.98 Å². The minimum Gasteiger partial charge on any atom is -0.382 e. The van der Waals surface area contributed by atoms with Crippen molar-refractivity contribution in [3.8, 4) is 0 Å². The van der Waals surface area contributed by atoms with Crippen molar-refractivity contribution >= 4 is 17.4 Å². The summed E-state index contributed by atoms with van der Waals surface area (Å²) in [5, 5.41) is 0.324. The molecule has 0 atom stereocenters. The molecule has 10 heavy (non-hydrogen) atoms. The number of hydrogen-bond donors (Lipinski definition) is 1. The van der Waals surface area contributed by atoms with E-state index in [0.717, 1.165) is 0 Å². The molecule has 2 N–H and O–H groups in total. The Morgan fingerprint density at radius 2 is 2.00 bits per heavy atom. The second-order valence-corrected chi connectivity index (χ2v) is 1.65. The van der Waals surface area contributed by atoms with Gasteiger partial charge in [0.15, 0.2) is 0 Å². The molecule has 1 heterocycles. The molecule has 0 amide bonds. The van der Waals surface area contributed by atoms with Crippen LogP contribution in [-0.4, -0.2) is 9.97 Å². The summed E-state index contributed by atoms with van der Waals surface area (Å²) in [5.41, 5.74) is 5.20. The zero-order valence-corrected chi connectivity index (χ0v) is 6.76. The molecule has 0 saturated heterocycles. The van der Waals surface area contributed by atoms with Gasteiger partial charge >= 0.3 is 0 Å². The maximum Gasteiger partial charge on any atom is 0.149 e. The Labute approximate surface area is 65.2 Å². The average Bonchev–Trinajstić information content (AvgIpc) is 1.91. The number of nitrogens with two attached hydrogens (primary N) is 1. The molecule has 4 heteroatoms. The summed E-state index contributed by atoms with van der Waals surface area (Å²) in [5.74, 6) is 0.345. The normalized spacial score (nSPS) is 7.90. The third kappa shape index (κ3) is 3.25. The van der Waals surface area contributed by atoms with Gasteiger partial charge in [-0.25, -0.2) is 4.98 Å². The van der Waals surface area contributed by atoms with Crippen LogP contribution in [0, 0.1) is 0 Å². The van der Waals surface area contributed by atoms with Crippen LogP contribution in [0.2, 0.25) is 5.15 Å². The van der Waals surface area contributed by atoms with Gasteiger partial charge in [-0.15, -0.1) is 0 Å². The van der Waals surface area contributed by atoms with Crippen molar-refractivity contribution < 1.29 is 0 Å². The lowest BCUT2D eigenvalue weighted by Crippen LogP contribution is -1.89. The van der Waals surface area contributed by atoms with Crippen molar-refractivity contribution in [1.29, 1.82) is 0 Å². The number of rotatable bonds is 0. The van der Waals surface area contributed by atoms with Crippen LogP contribution in [0.5, 0.6) is 0 Å². The quantitative estimate of drug-likeness (QED) is 0.628. The summed E-state index contributed by atoms with van der Waals surface area (Å²) in [4.78, 5) is 7.32. The molecule has 0 aromatic carbocycles. The molecule has 0 aliphatic rings. The van der Waals surface area contributed by atoms with E-state index in [2.05, 4.69) is 9.97 Å². The lowest BCUT2D eigenvalue weighted by Gasteiger charge is -1.87. The van der Waals surface area contributed by atoms with Crippen molar-refractivity contribution in [2.24, 2.45) is 0 Å². The first-order chi connectivity index (χ1) is 4.79. The van der Waals surface area contributed by atoms with E-state index in [0.29, 0.717) is 11.0 Å². The van der Waals surface area contributed by atoms with Gasteiger partial charge in [0.1, 0.15) is 11.0 Å². The first-order valence-corrected chi connectivity index (χ1v) is 3.40. The summed E-state index contributed by atoms with van der Waals surface area (Å²) in [6, 6.07) is 0. The number of hydrogen-bond acceptors (Lipinski definition) is 3. The molecule has 0 fully saturated rings. The average molecular weight is 160 g/mol. The van der Waals surface area contributed by atoms with Gasteiger partial charge in [0.2, 0.25) is 0 Å². The molecule has 1 aromatic rings. The molecular weight excluding hydrogens is 150 g/mol. The molecule has 0 spiro atoms. The number of aromatic nitrogens is 2. The van der Waals surface area contributed by atoms with E-state index in [1.807, 2.05) is 13.8 Å². The number of anilines is 1. The lowest BCUT2D eigenvalue weighted by atomic mass is 10.7. The summed E-state index contributed by atoms with van der Waals surface area (Å²) >= 11 is 5.39. The maximum absolute atomic E-state index is 5.39. The van der Waals surface area contributed by atoms with E-state index in [1.165, 1.54) is 12.4 Å². The zero-order chi connectivity index (χ0) is 7.98. The number of nitrogen functional groups attached to an aromatic ring is 1. The minimum absolute atomic E-state index is 0.324. The number of halogens is 1. The first-order valence-electron chi connectivity index (χ1n) is 3.02. The van der Waals surface area contributed by atoms with E-state index in [1.54, 1.807) is 0 Å². The van der Waals surface area contributed by atoms with Gasteiger partial charge in [0.05, 0.1) is 12.4 Å². The molecule has 0 unspecified atom stereocenters. The van der Waals surface area contributed by atoms with Gasteiger partial charge < -0.3 is 5.73 Å². The predicted molar refractivity (Wildman–Crippen MR) is 42.8 cm³/mol. The van der Waals surface area contributed by atoms with Crippen molar-refractivity contribution in [2.45, 2.75) is 13.8 Å². The Bertz CT molecular complexity index is 173. The molecule has 1 aromatic heterocycles. The smallest absolute Gasteiger partial charge is 0.149 e. The predicted octanol–water partition coefficient (Wildman–Crippen LogP) is 1.74. The highest BCUT2D eigenvalue weighted by Gasteiger charge is 1.86. The van der Waals surface area contributed by atoms with Crippen molar-refractivity contribution in [3.63, 3.8) is 0 Å². The van der Waals surface area contributed by atoms with Crippen molar-refractivity contribution in [2.75, 3.05) is 5.73 Å². The van der Waals surface area contributed by atoms with Gasteiger partial charge in [0, 0.05) is 0 Å². The molecule has 0 aliphatic carbocycles. The second-order valence-electron chi connectivity index (χ2n) is 1.27. The van der Waals surface area contributed by atoms with E-state index in [9.17, 15) is 0 Å². The van der Waals surface area contributed by atoms with Crippen LogP contribution in [0.15, 0.2) is 12.4 Å². The zero-order valence-electron chi connectivity index (χ0n) is 6.00. The molecule has 3 nitrogen and oxygen atoms in total. The molecule has 1 rings (SSSR count). The first kappa shape index (κ1) is 9.17. The minimum atomic E-state index is 0.324. The summed E-state index contributed by atoms with van der Waals surface area (Å²) in [6.07, 6.45) is 2.86. The molecule has 56 valence electrons. The SMILES string of the molecule is CC.Nc1cncc(Cl)n1. The van der Waals surface area contributed by atoms with Crippen molar-refractivity contribution in [1.82, 2.24) is 9.97 Å². The largest absolute Gasteiger partial charge is 0.382 e. The summed E-state index contributed by atoms with van der Waals surface area (Å²) in [6.45, 7) is 4.00. The Balaban J connectivity index is 0.000000371. The molecular formula is C6H10ClN3. The standard InChI is InChI=1S/C4H4ClN3.C2H6/c5-3-1-7-2-4(6)8-3;1-2/h1-2H,(H2,6,8);1-2H3. The Morgan fingerprint density at radius 3 is 2.30 bits per heavy atom. The van der Waals surface area contributed by atoms with E-state index >= 15 is 0 Å².